The van der Waals surface area contributed by atoms with E-state index in [1.165, 1.54) is 26.2 Å². The summed E-state index contributed by atoms with van der Waals surface area (Å²) in [6.07, 6.45) is 1.32. The van der Waals surface area contributed by atoms with E-state index in [-0.39, 0.29) is 12.4 Å². The molecule has 1 aromatic rings. The van der Waals surface area contributed by atoms with Gasteiger partial charge in [0, 0.05) is 39.3 Å². The molecule has 0 aromatic heterocycles. The molecule has 1 aromatic carbocycles. The van der Waals surface area contributed by atoms with Gasteiger partial charge in [-0.15, -0.1) is 0 Å². The highest BCUT2D eigenvalue weighted by atomic mass is 32.2. The van der Waals surface area contributed by atoms with Gasteiger partial charge in [-0.2, -0.15) is 12.7 Å². The van der Waals surface area contributed by atoms with Crippen LogP contribution in [-0.4, -0.2) is 46.6 Å². The van der Waals surface area contributed by atoms with Crippen LogP contribution < -0.4 is 4.72 Å². The van der Waals surface area contributed by atoms with E-state index in [1.54, 1.807) is 6.07 Å². The van der Waals surface area contributed by atoms with E-state index in [0.717, 1.165) is 9.87 Å². The maximum absolute atomic E-state index is 13.5. The fourth-order valence-corrected chi connectivity index (χ4v) is 3.22. The number of nitrogens with zero attached hydrogens (tertiary/aromatic N) is 1. The molecule has 1 fully saturated rings. The van der Waals surface area contributed by atoms with Crippen molar-refractivity contribution in [1.82, 2.24) is 9.03 Å². The molecule has 0 radical (unpaired) electrons. The van der Waals surface area contributed by atoms with Gasteiger partial charge in [-0.25, -0.2) is 9.11 Å². The van der Waals surface area contributed by atoms with Gasteiger partial charge in [-0.3, -0.25) is 0 Å². The Bertz CT molecular complexity index is 584. The summed E-state index contributed by atoms with van der Waals surface area (Å²) < 4.78 is 46.5. The average molecular weight is 316 g/mol. The molecule has 21 heavy (non-hydrogen) atoms. The lowest BCUT2D eigenvalue weighted by Crippen LogP contribution is -2.47. The number of rotatable bonds is 5. The lowest BCUT2D eigenvalue weighted by atomic mass is 9.74. The highest BCUT2D eigenvalue weighted by Gasteiger charge is 2.36. The first-order valence-corrected chi connectivity index (χ1v) is 8.31. The number of benzene rings is 1. The minimum atomic E-state index is -3.51. The molecule has 2 rings (SSSR count). The van der Waals surface area contributed by atoms with Gasteiger partial charge in [0.05, 0.1) is 0 Å². The van der Waals surface area contributed by atoms with Crippen molar-refractivity contribution < 1.29 is 17.5 Å². The molecule has 0 unspecified atom stereocenters. The largest absolute Gasteiger partial charge is 0.381 e. The standard InChI is InChI=1S/C14H21FN2O3S/c1-17(2)21(18,19)16-11-14(6-8-20-9-7-14)12-4-3-5-13(15)10-12/h3-5,10,16H,6-9,11H2,1-2H3. The van der Waals surface area contributed by atoms with Crippen molar-refractivity contribution in [2.75, 3.05) is 33.9 Å². The number of halogens is 1. The molecule has 0 amide bonds. The second-order valence-electron chi connectivity index (χ2n) is 5.51. The zero-order valence-electron chi connectivity index (χ0n) is 12.3. The quantitative estimate of drug-likeness (QED) is 0.890. The van der Waals surface area contributed by atoms with Crippen LogP contribution in [0.5, 0.6) is 0 Å². The summed E-state index contributed by atoms with van der Waals surface area (Å²) in [6, 6.07) is 6.37. The van der Waals surface area contributed by atoms with Crippen LogP contribution in [0.15, 0.2) is 24.3 Å². The third-order valence-corrected chi connectivity index (χ3v) is 5.43. The van der Waals surface area contributed by atoms with Crippen LogP contribution in [-0.2, 0) is 20.4 Å². The van der Waals surface area contributed by atoms with Gasteiger partial charge in [0.2, 0.25) is 0 Å². The van der Waals surface area contributed by atoms with Crippen molar-refractivity contribution in [1.29, 1.82) is 0 Å². The van der Waals surface area contributed by atoms with E-state index >= 15 is 0 Å². The third kappa shape index (κ3) is 3.79. The van der Waals surface area contributed by atoms with Crippen LogP contribution >= 0.6 is 0 Å². The maximum atomic E-state index is 13.5. The Morgan fingerprint density at radius 3 is 2.57 bits per heavy atom. The van der Waals surface area contributed by atoms with Gasteiger partial charge in [-0.05, 0) is 30.5 Å². The van der Waals surface area contributed by atoms with Gasteiger partial charge in [0.25, 0.3) is 10.2 Å². The summed E-state index contributed by atoms with van der Waals surface area (Å²) in [5.41, 5.74) is 0.385. The normalized spacial score (nSPS) is 18.9. The monoisotopic (exact) mass is 316 g/mol. The molecule has 5 nitrogen and oxygen atoms in total. The molecule has 0 saturated carbocycles. The maximum Gasteiger partial charge on any atom is 0.278 e. The Balaban J connectivity index is 2.26. The minimum Gasteiger partial charge on any atom is -0.381 e. The van der Waals surface area contributed by atoms with Crippen molar-refractivity contribution in [3.63, 3.8) is 0 Å². The van der Waals surface area contributed by atoms with Gasteiger partial charge < -0.3 is 4.74 Å². The molecular formula is C14H21FN2O3S. The first-order chi connectivity index (χ1) is 9.86. The first-order valence-electron chi connectivity index (χ1n) is 6.87. The molecular weight excluding hydrogens is 295 g/mol. The SMILES string of the molecule is CN(C)S(=O)(=O)NCC1(c2cccc(F)c2)CCOCC1. The topological polar surface area (TPSA) is 58.6 Å². The van der Waals surface area contributed by atoms with Crippen LogP contribution in [0.25, 0.3) is 0 Å². The molecule has 0 aliphatic carbocycles. The average Bonchev–Trinajstić information content (AvgIpc) is 2.46. The van der Waals surface area contributed by atoms with Crippen molar-refractivity contribution in [2.24, 2.45) is 0 Å². The van der Waals surface area contributed by atoms with E-state index in [0.29, 0.717) is 26.1 Å². The predicted octanol–water partition coefficient (Wildman–Crippen LogP) is 1.27. The summed E-state index contributed by atoms with van der Waals surface area (Å²) in [4.78, 5) is 0. The van der Waals surface area contributed by atoms with Crippen LogP contribution in [0.1, 0.15) is 18.4 Å². The van der Waals surface area contributed by atoms with Crippen LogP contribution in [0.3, 0.4) is 0 Å². The van der Waals surface area contributed by atoms with Gasteiger partial charge in [0.15, 0.2) is 0 Å². The Morgan fingerprint density at radius 1 is 1.33 bits per heavy atom. The van der Waals surface area contributed by atoms with E-state index in [1.807, 2.05) is 6.07 Å². The third-order valence-electron chi connectivity index (χ3n) is 3.96. The number of nitrogens with one attached hydrogen (secondary N) is 1. The summed E-state index contributed by atoms with van der Waals surface area (Å²) in [7, 11) is -0.558. The zero-order valence-corrected chi connectivity index (χ0v) is 13.1. The van der Waals surface area contributed by atoms with Crippen molar-refractivity contribution in [3.8, 4) is 0 Å². The van der Waals surface area contributed by atoms with Crippen molar-refractivity contribution in [3.05, 3.63) is 35.6 Å². The first kappa shape index (κ1) is 16.4. The summed E-state index contributed by atoms with van der Waals surface area (Å²) in [5.74, 6) is -0.311. The van der Waals surface area contributed by atoms with E-state index < -0.39 is 15.6 Å². The molecule has 1 saturated heterocycles. The Hall–Kier alpha value is -1.02. The van der Waals surface area contributed by atoms with Gasteiger partial charge >= 0.3 is 0 Å². The second kappa shape index (κ2) is 6.39. The van der Waals surface area contributed by atoms with E-state index in [2.05, 4.69) is 4.72 Å². The number of hydrogen-bond donors (Lipinski definition) is 1. The predicted molar refractivity (Wildman–Crippen MR) is 78.7 cm³/mol. The fourth-order valence-electron chi connectivity index (χ4n) is 2.51. The van der Waals surface area contributed by atoms with Crippen molar-refractivity contribution >= 4 is 10.2 Å². The zero-order chi connectivity index (χ0) is 15.5. The molecule has 7 heteroatoms. The molecule has 1 N–H and O–H groups in total. The van der Waals surface area contributed by atoms with Gasteiger partial charge in [-0.1, -0.05) is 12.1 Å². The lowest BCUT2D eigenvalue weighted by molar-refractivity contribution is 0.0515. The Kier molecular flexibility index (Phi) is 4.98. The smallest absolute Gasteiger partial charge is 0.278 e. The Morgan fingerprint density at radius 2 is 2.00 bits per heavy atom. The number of ether oxygens (including phenoxy) is 1. The van der Waals surface area contributed by atoms with E-state index in [4.69, 9.17) is 4.74 Å². The lowest BCUT2D eigenvalue weighted by Gasteiger charge is -2.38. The van der Waals surface area contributed by atoms with Gasteiger partial charge in [0.1, 0.15) is 5.82 Å². The fraction of sp³-hybridized carbons (Fsp3) is 0.571. The van der Waals surface area contributed by atoms with Crippen LogP contribution in [0, 0.1) is 5.82 Å². The molecule has 0 spiro atoms. The molecule has 0 atom stereocenters. The summed E-state index contributed by atoms with van der Waals surface area (Å²) in [5, 5.41) is 0. The van der Waals surface area contributed by atoms with E-state index in [9.17, 15) is 12.8 Å². The minimum absolute atomic E-state index is 0.236. The molecule has 118 valence electrons. The van der Waals surface area contributed by atoms with Crippen LogP contribution in [0.2, 0.25) is 0 Å². The molecule has 0 bridgehead atoms. The summed E-state index contributed by atoms with van der Waals surface area (Å²) in [6.45, 7) is 1.32. The highest BCUT2D eigenvalue weighted by Crippen LogP contribution is 2.34. The summed E-state index contributed by atoms with van der Waals surface area (Å²) >= 11 is 0. The number of hydrogen-bond acceptors (Lipinski definition) is 3. The van der Waals surface area contributed by atoms with Crippen LogP contribution in [0.4, 0.5) is 4.39 Å². The highest BCUT2D eigenvalue weighted by molar-refractivity contribution is 7.87. The second-order valence-corrected chi connectivity index (χ2v) is 7.48. The Labute approximate surface area is 125 Å². The molecule has 1 heterocycles. The molecule has 1 aliphatic rings. The van der Waals surface area contributed by atoms with Crippen molar-refractivity contribution in [2.45, 2.75) is 18.3 Å². The molecule has 1 aliphatic heterocycles.